The van der Waals surface area contributed by atoms with Gasteiger partial charge in [-0.05, 0) is 61.5 Å². The summed E-state index contributed by atoms with van der Waals surface area (Å²) in [6.07, 6.45) is 0.397. The molecular formula is C22H19ClN2O3. The molecule has 0 spiro atoms. The van der Waals surface area contributed by atoms with E-state index >= 15 is 0 Å². The minimum Gasteiger partial charge on any atom is -0.497 e. The van der Waals surface area contributed by atoms with Crippen molar-refractivity contribution in [3.05, 3.63) is 82.3 Å². The topological polar surface area (TPSA) is 47.2 Å². The van der Waals surface area contributed by atoms with E-state index in [-0.39, 0.29) is 12.3 Å². The number of furan rings is 1. The Morgan fingerprint density at radius 3 is 2.64 bits per heavy atom. The third-order valence-corrected chi connectivity index (χ3v) is 5.41. The molecule has 3 aromatic rings. The minimum absolute atomic E-state index is 0.0370. The third kappa shape index (κ3) is 2.83. The van der Waals surface area contributed by atoms with Crippen molar-refractivity contribution in [1.82, 2.24) is 5.01 Å². The quantitative estimate of drug-likeness (QED) is 0.589. The van der Waals surface area contributed by atoms with E-state index < -0.39 is 0 Å². The van der Waals surface area contributed by atoms with Gasteiger partial charge in [-0.3, -0.25) is 0 Å². The van der Waals surface area contributed by atoms with Gasteiger partial charge in [0, 0.05) is 22.6 Å². The Bertz CT molecular complexity index is 1060. The fourth-order valence-corrected chi connectivity index (χ4v) is 3.97. The van der Waals surface area contributed by atoms with E-state index in [2.05, 4.69) is 0 Å². The predicted octanol–water partition coefficient (Wildman–Crippen LogP) is 5.49. The van der Waals surface area contributed by atoms with Crippen LogP contribution in [0.25, 0.3) is 0 Å². The molecule has 0 saturated heterocycles. The maximum Gasteiger partial charge on any atom is 0.213 e. The summed E-state index contributed by atoms with van der Waals surface area (Å²) < 4.78 is 17.4. The summed E-state index contributed by atoms with van der Waals surface area (Å²) in [6.45, 7) is 1.94. The van der Waals surface area contributed by atoms with Crippen molar-refractivity contribution in [3.63, 3.8) is 0 Å². The lowest BCUT2D eigenvalue weighted by molar-refractivity contribution is -0.0190. The van der Waals surface area contributed by atoms with E-state index in [1.165, 1.54) is 0 Å². The standard InChI is InChI=1S/C22H19ClN2O3/c1-13-3-9-21(27-13)18-12-19-17-11-15(23)6-10-20(17)28-22(25(19)24-18)14-4-7-16(26-2)8-5-14/h3-11,19,22H,12H2,1-2H3/t19-,22+/m0/s1. The predicted molar refractivity (Wildman–Crippen MR) is 107 cm³/mol. The number of hydrazone groups is 1. The second kappa shape index (κ2) is 6.60. The van der Waals surface area contributed by atoms with Gasteiger partial charge >= 0.3 is 0 Å². The molecule has 6 heteroatoms. The zero-order valence-electron chi connectivity index (χ0n) is 15.6. The van der Waals surface area contributed by atoms with Gasteiger partial charge in [-0.25, -0.2) is 5.01 Å². The second-order valence-electron chi connectivity index (χ2n) is 6.98. The highest BCUT2D eigenvalue weighted by Gasteiger charge is 2.41. The van der Waals surface area contributed by atoms with Crippen molar-refractivity contribution in [3.8, 4) is 11.5 Å². The lowest BCUT2D eigenvalue weighted by Gasteiger charge is -2.38. The van der Waals surface area contributed by atoms with Crippen LogP contribution in [0, 0.1) is 6.92 Å². The van der Waals surface area contributed by atoms with Crippen LogP contribution in [0.5, 0.6) is 11.5 Å². The van der Waals surface area contributed by atoms with Gasteiger partial charge in [0.15, 0.2) is 0 Å². The zero-order chi connectivity index (χ0) is 19.3. The first-order valence-corrected chi connectivity index (χ1v) is 9.53. The van der Waals surface area contributed by atoms with Crippen LogP contribution in [-0.4, -0.2) is 17.8 Å². The lowest BCUT2D eigenvalue weighted by atomic mass is 9.97. The van der Waals surface area contributed by atoms with Gasteiger partial charge in [0.2, 0.25) is 6.23 Å². The molecule has 0 N–H and O–H groups in total. The van der Waals surface area contributed by atoms with Crippen LogP contribution >= 0.6 is 11.6 Å². The van der Waals surface area contributed by atoms with Crippen LogP contribution in [0.3, 0.4) is 0 Å². The number of methoxy groups -OCH3 is 1. The van der Waals surface area contributed by atoms with E-state index in [0.717, 1.165) is 46.3 Å². The first-order chi connectivity index (χ1) is 13.6. The number of fused-ring (bicyclic) bond motifs is 3. The molecule has 0 aliphatic carbocycles. The molecule has 0 radical (unpaired) electrons. The Kier molecular flexibility index (Phi) is 4.05. The lowest BCUT2D eigenvalue weighted by Crippen LogP contribution is -2.33. The molecule has 3 heterocycles. The van der Waals surface area contributed by atoms with Gasteiger partial charge in [0.1, 0.15) is 28.7 Å². The van der Waals surface area contributed by atoms with E-state index in [1.54, 1.807) is 7.11 Å². The van der Waals surface area contributed by atoms with Crippen LogP contribution in [0.1, 0.15) is 41.3 Å². The van der Waals surface area contributed by atoms with E-state index in [1.807, 2.05) is 66.5 Å². The average molecular weight is 395 g/mol. The number of ether oxygens (including phenoxy) is 2. The summed E-state index contributed by atoms with van der Waals surface area (Å²) in [6, 6.07) is 17.6. The summed E-state index contributed by atoms with van der Waals surface area (Å²) >= 11 is 6.27. The Hall–Kier alpha value is -2.92. The van der Waals surface area contributed by atoms with Crippen molar-refractivity contribution in [2.24, 2.45) is 5.10 Å². The molecule has 5 nitrogen and oxygen atoms in total. The van der Waals surface area contributed by atoms with Crippen LogP contribution in [0.2, 0.25) is 5.02 Å². The van der Waals surface area contributed by atoms with Crippen molar-refractivity contribution < 1.29 is 13.9 Å². The molecule has 0 bridgehead atoms. The highest BCUT2D eigenvalue weighted by molar-refractivity contribution is 6.30. The summed E-state index contributed by atoms with van der Waals surface area (Å²) in [4.78, 5) is 0. The molecule has 0 unspecified atom stereocenters. The van der Waals surface area contributed by atoms with E-state index in [9.17, 15) is 0 Å². The first kappa shape index (κ1) is 17.2. The Morgan fingerprint density at radius 2 is 1.93 bits per heavy atom. The monoisotopic (exact) mass is 394 g/mol. The van der Waals surface area contributed by atoms with Crippen LogP contribution in [0.15, 0.2) is 64.1 Å². The SMILES string of the molecule is COc1ccc([C@H]2Oc3ccc(Cl)cc3[C@@H]3CC(c4ccc(C)o4)=NN23)cc1. The van der Waals surface area contributed by atoms with Gasteiger partial charge in [-0.2, -0.15) is 5.10 Å². The Morgan fingerprint density at radius 1 is 1.11 bits per heavy atom. The van der Waals surface area contributed by atoms with Crippen molar-refractivity contribution >= 4 is 17.3 Å². The molecule has 0 saturated carbocycles. The number of halogens is 1. The molecule has 2 aromatic carbocycles. The van der Waals surface area contributed by atoms with Gasteiger partial charge in [-0.1, -0.05) is 11.6 Å². The van der Waals surface area contributed by atoms with E-state index in [4.69, 9.17) is 30.6 Å². The van der Waals surface area contributed by atoms with Crippen molar-refractivity contribution in [2.45, 2.75) is 25.6 Å². The van der Waals surface area contributed by atoms with Gasteiger partial charge in [0.05, 0.1) is 13.2 Å². The molecule has 5 rings (SSSR count). The van der Waals surface area contributed by atoms with Crippen LogP contribution < -0.4 is 9.47 Å². The molecule has 2 aliphatic rings. The van der Waals surface area contributed by atoms with Crippen LogP contribution in [-0.2, 0) is 0 Å². The largest absolute Gasteiger partial charge is 0.497 e. The number of rotatable bonds is 3. The smallest absolute Gasteiger partial charge is 0.213 e. The minimum atomic E-state index is -0.335. The number of hydrogen-bond acceptors (Lipinski definition) is 5. The summed E-state index contributed by atoms with van der Waals surface area (Å²) in [5.74, 6) is 3.30. The molecule has 0 amide bonds. The van der Waals surface area contributed by atoms with Gasteiger partial charge in [-0.15, -0.1) is 0 Å². The second-order valence-corrected chi connectivity index (χ2v) is 7.42. The number of hydrogen-bond donors (Lipinski definition) is 0. The number of benzene rings is 2. The third-order valence-electron chi connectivity index (χ3n) is 5.18. The highest BCUT2D eigenvalue weighted by Crippen LogP contribution is 2.48. The Labute approximate surface area is 168 Å². The van der Waals surface area contributed by atoms with E-state index in [0.29, 0.717) is 5.02 Å². The molecule has 28 heavy (non-hydrogen) atoms. The number of aryl methyl sites for hydroxylation is 1. The van der Waals surface area contributed by atoms with Crippen molar-refractivity contribution in [2.75, 3.05) is 7.11 Å². The normalized spacial score (nSPS) is 20.2. The molecule has 2 aliphatic heterocycles. The first-order valence-electron chi connectivity index (χ1n) is 9.15. The Balaban J connectivity index is 1.58. The fourth-order valence-electron chi connectivity index (χ4n) is 3.79. The molecule has 1 aromatic heterocycles. The molecule has 2 atom stereocenters. The zero-order valence-corrected chi connectivity index (χ0v) is 16.3. The van der Waals surface area contributed by atoms with Gasteiger partial charge in [0.25, 0.3) is 0 Å². The number of nitrogens with zero attached hydrogens (tertiary/aromatic N) is 2. The summed E-state index contributed by atoms with van der Waals surface area (Å²) in [5, 5.41) is 7.57. The van der Waals surface area contributed by atoms with Gasteiger partial charge < -0.3 is 13.9 Å². The average Bonchev–Trinajstić information content (AvgIpc) is 3.34. The summed E-state index contributed by atoms with van der Waals surface area (Å²) in [5.41, 5.74) is 2.96. The fraction of sp³-hybridized carbons (Fsp3) is 0.227. The van der Waals surface area contributed by atoms with Crippen LogP contribution in [0.4, 0.5) is 0 Å². The summed E-state index contributed by atoms with van der Waals surface area (Å²) in [7, 11) is 1.66. The highest BCUT2D eigenvalue weighted by atomic mass is 35.5. The molecular weight excluding hydrogens is 376 g/mol. The maximum atomic E-state index is 6.34. The molecule has 0 fully saturated rings. The molecule has 142 valence electrons. The maximum absolute atomic E-state index is 6.34. The van der Waals surface area contributed by atoms with Crippen molar-refractivity contribution in [1.29, 1.82) is 0 Å².